The Morgan fingerprint density at radius 3 is 2.62 bits per heavy atom. The molecule has 0 radical (unpaired) electrons. The minimum atomic E-state index is -3.76. The number of sulfonamides is 1. The van der Waals surface area contributed by atoms with E-state index >= 15 is 0 Å². The van der Waals surface area contributed by atoms with Crippen molar-refractivity contribution in [3.05, 3.63) is 58.9 Å². The molecule has 0 aromatic heterocycles. The number of halogens is 2. The second-order valence-corrected chi connectivity index (χ2v) is 6.58. The summed E-state index contributed by atoms with van der Waals surface area (Å²) < 4.78 is 35.9. The molecule has 1 unspecified atom stereocenters. The van der Waals surface area contributed by atoms with E-state index in [2.05, 4.69) is 5.32 Å². The molecule has 2 aromatic rings. The van der Waals surface area contributed by atoms with Crippen LogP contribution < -0.4 is 10.5 Å². The standard InChI is InChI=1S/C14H14ClFN2O2S/c1-9(18-14-8-11(16)5-6-13(14)15)10-3-2-4-12(7-10)21(17,19)20/h2-9,18H,1H3,(H2,17,19,20). The van der Waals surface area contributed by atoms with Gasteiger partial charge in [0.15, 0.2) is 0 Å². The molecule has 21 heavy (non-hydrogen) atoms. The van der Waals surface area contributed by atoms with Crippen LogP contribution in [0.3, 0.4) is 0 Å². The maximum absolute atomic E-state index is 13.2. The Labute approximate surface area is 127 Å². The summed E-state index contributed by atoms with van der Waals surface area (Å²) in [5.74, 6) is -0.410. The first-order valence-electron chi connectivity index (χ1n) is 6.12. The first-order valence-corrected chi connectivity index (χ1v) is 8.04. The summed E-state index contributed by atoms with van der Waals surface area (Å²) >= 11 is 5.99. The van der Waals surface area contributed by atoms with E-state index in [1.54, 1.807) is 12.1 Å². The van der Waals surface area contributed by atoms with Crippen LogP contribution in [-0.4, -0.2) is 8.42 Å². The molecule has 0 aliphatic rings. The van der Waals surface area contributed by atoms with Crippen LogP contribution in [0.2, 0.25) is 5.02 Å². The third-order valence-corrected chi connectivity index (χ3v) is 4.23. The third-order valence-electron chi connectivity index (χ3n) is 2.99. The number of nitrogens with two attached hydrogens (primary N) is 1. The molecule has 1 atom stereocenters. The Hall–Kier alpha value is -1.63. The minimum absolute atomic E-state index is 0.0268. The summed E-state index contributed by atoms with van der Waals surface area (Å²) in [6.45, 7) is 1.81. The van der Waals surface area contributed by atoms with Crippen LogP contribution in [0, 0.1) is 5.82 Å². The van der Waals surface area contributed by atoms with Gasteiger partial charge in [-0.25, -0.2) is 17.9 Å². The highest BCUT2D eigenvalue weighted by Crippen LogP contribution is 2.27. The molecular formula is C14H14ClFN2O2S. The quantitative estimate of drug-likeness (QED) is 0.904. The maximum Gasteiger partial charge on any atom is 0.238 e. The van der Waals surface area contributed by atoms with Gasteiger partial charge < -0.3 is 5.32 Å². The fourth-order valence-electron chi connectivity index (χ4n) is 1.89. The lowest BCUT2D eigenvalue weighted by atomic mass is 10.1. The van der Waals surface area contributed by atoms with Crippen molar-refractivity contribution in [1.29, 1.82) is 0 Å². The van der Waals surface area contributed by atoms with Gasteiger partial charge in [-0.15, -0.1) is 0 Å². The van der Waals surface area contributed by atoms with Crippen molar-refractivity contribution in [2.75, 3.05) is 5.32 Å². The van der Waals surface area contributed by atoms with Crippen LogP contribution in [-0.2, 0) is 10.0 Å². The number of benzene rings is 2. The minimum Gasteiger partial charge on any atom is -0.377 e. The summed E-state index contributed by atoms with van der Waals surface area (Å²) in [5.41, 5.74) is 1.13. The zero-order valence-electron chi connectivity index (χ0n) is 11.2. The summed E-state index contributed by atoms with van der Waals surface area (Å²) in [4.78, 5) is 0.0268. The first-order chi connectivity index (χ1) is 9.77. The number of hydrogen-bond acceptors (Lipinski definition) is 3. The van der Waals surface area contributed by atoms with Crippen LogP contribution in [0.4, 0.5) is 10.1 Å². The largest absolute Gasteiger partial charge is 0.377 e. The van der Waals surface area contributed by atoms with E-state index in [1.807, 2.05) is 6.92 Å². The van der Waals surface area contributed by atoms with Gasteiger partial charge in [0.05, 0.1) is 15.6 Å². The maximum atomic E-state index is 13.2. The molecule has 112 valence electrons. The highest BCUT2D eigenvalue weighted by molar-refractivity contribution is 7.89. The predicted molar refractivity (Wildman–Crippen MR) is 81.3 cm³/mol. The van der Waals surface area contributed by atoms with Crippen LogP contribution in [0.15, 0.2) is 47.4 Å². The van der Waals surface area contributed by atoms with Crippen molar-refractivity contribution < 1.29 is 12.8 Å². The number of anilines is 1. The monoisotopic (exact) mass is 328 g/mol. The molecule has 4 nitrogen and oxygen atoms in total. The van der Waals surface area contributed by atoms with Gasteiger partial charge in [-0.3, -0.25) is 0 Å². The molecule has 0 saturated heterocycles. The molecule has 0 amide bonds. The van der Waals surface area contributed by atoms with Gasteiger partial charge >= 0.3 is 0 Å². The van der Waals surface area contributed by atoms with Crippen molar-refractivity contribution in [2.24, 2.45) is 5.14 Å². The lowest BCUT2D eigenvalue weighted by Crippen LogP contribution is -2.13. The van der Waals surface area contributed by atoms with E-state index in [1.165, 1.54) is 30.3 Å². The summed E-state index contributed by atoms with van der Waals surface area (Å²) in [6, 6.07) is 9.96. The average molecular weight is 329 g/mol. The topological polar surface area (TPSA) is 72.2 Å². The number of rotatable bonds is 4. The summed E-state index contributed by atoms with van der Waals surface area (Å²) in [6.07, 6.45) is 0. The molecule has 0 fully saturated rings. The van der Waals surface area contributed by atoms with Gasteiger partial charge in [0.1, 0.15) is 5.82 Å². The van der Waals surface area contributed by atoms with Gasteiger partial charge in [-0.05, 0) is 42.8 Å². The van der Waals surface area contributed by atoms with E-state index in [0.717, 1.165) is 0 Å². The second-order valence-electron chi connectivity index (χ2n) is 4.61. The lowest BCUT2D eigenvalue weighted by molar-refractivity contribution is 0.597. The third kappa shape index (κ3) is 3.93. The molecule has 0 aliphatic carbocycles. The van der Waals surface area contributed by atoms with Gasteiger partial charge in [0.25, 0.3) is 0 Å². The van der Waals surface area contributed by atoms with Gasteiger partial charge in [0, 0.05) is 6.04 Å². The lowest BCUT2D eigenvalue weighted by Gasteiger charge is -2.17. The number of nitrogens with one attached hydrogen (secondary N) is 1. The van der Waals surface area contributed by atoms with E-state index < -0.39 is 15.8 Å². The van der Waals surface area contributed by atoms with Crippen LogP contribution in [0.5, 0.6) is 0 Å². The Morgan fingerprint density at radius 2 is 1.95 bits per heavy atom. The molecule has 0 aliphatic heterocycles. The average Bonchev–Trinajstić information content (AvgIpc) is 2.42. The van der Waals surface area contributed by atoms with Gasteiger partial charge in [-0.2, -0.15) is 0 Å². The molecule has 7 heteroatoms. The SMILES string of the molecule is CC(Nc1cc(F)ccc1Cl)c1cccc(S(N)(=O)=O)c1. The van der Waals surface area contributed by atoms with E-state index in [9.17, 15) is 12.8 Å². The Kier molecular flexibility index (Phi) is 4.51. The van der Waals surface area contributed by atoms with Gasteiger partial charge in [-0.1, -0.05) is 23.7 Å². The molecule has 0 bridgehead atoms. The van der Waals surface area contributed by atoms with Gasteiger partial charge in [0.2, 0.25) is 10.0 Å². The molecular weight excluding hydrogens is 315 g/mol. The van der Waals surface area contributed by atoms with Crippen LogP contribution in [0.1, 0.15) is 18.5 Å². The van der Waals surface area contributed by atoms with Crippen molar-refractivity contribution in [1.82, 2.24) is 0 Å². The van der Waals surface area contributed by atoms with E-state index in [4.69, 9.17) is 16.7 Å². The molecule has 2 rings (SSSR count). The van der Waals surface area contributed by atoms with Crippen molar-refractivity contribution in [3.8, 4) is 0 Å². The highest BCUT2D eigenvalue weighted by Gasteiger charge is 2.12. The zero-order valence-corrected chi connectivity index (χ0v) is 12.7. The fraction of sp³-hybridized carbons (Fsp3) is 0.143. The fourth-order valence-corrected chi connectivity index (χ4v) is 2.63. The zero-order chi connectivity index (χ0) is 15.6. The Morgan fingerprint density at radius 1 is 1.24 bits per heavy atom. The molecule has 2 aromatic carbocycles. The Bertz CT molecular complexity index is 765. The molecule has 0 spiro atoms. The normalized spacial score (nSPS) is 13.0. The van der Waals surface area contributed by atoms with Crippen LogP contribution >= 0.6 is 11.6 Å². The van der Waals surface area contributed by atoms with Crippen molar-refractivity contribution in [3.63, 3.8) is 0 Å². The highest BCUT2D eigenvalue weighted by atomic mass is 35.5. The predicted octanol–water partition coefficient (Wildman–Crippen LogP) is 3.30. The number of hydrogen-bond donors (Lipinski definition) is 2. The van der Waals surface area contributed by atoms with E-state index in [0.29, 0.717) is 16.3 Å². The molecule has 0 heterocycles. The molecule has 0 saturated carbocycles. The van der Waals surface area contributed by atoms with E-state index in [-0.39, 0.29) is 10.9 Å². The summed E-state index contributed by atoms with van der Waals surface area (Å²) in [5, 5.41) is 8.52. The van der Waals surface area contributed by atoms with Crippen molar-refractivity contribution in [2.45, 2.75) is 17.9 Å². The summed E-state index contributed by atoms with van der Waals surface area (Å²) in [7, 11) is -3.76. The smallest absolute Gasteiger partial charge is 0.238 e. The Balaban J connectivity index is 2.28. The second kappa shape index (κ2) is 6.01. The number of primary sulfonamides is 1. The first kappa shape index (κ1) is 15.8. The van der Waals surface area contributed by atoms with Crippen LogP contribution in [0.25, 0.3) is 0 Å². The van der Waals surface area contributed by atoms with Crippen molar-refractivity contribution >= 4 is 27.3 Å². The molecule has 3 N–H and O–H groups in total.